The molecule has 0 spiro atoms. The summed E-state index contributed by atoms with van der Waals surface area (Å²) in [6, 6.07) is 5.83. The van der Waals surface area contributed by atoms with Crippen LogP contribution in [0.15, 0.2) is 27.8 Å². The van der Waals surface area contributed by atoms with E-state index in [2.05, 4.69) is 38.7 Å². The van der Waals surface area contributed by atoms with Crippen LogP contribution >= 0.6 is 28.1 Å². The fourth-order valence-electron chi connectivity index (χ4n) is 2.18. The molecule has 0 aliphatic carbocycles. The van der Waals surface area contributed by atoms with Crippen LogP contribution in [0.4, 0.5) is 0 Å². The van der Waals surface area contributed by atoms with Gasteiger partial charge in [-0.1, -0.05) is 22.9 Å². The van der Waals surface area contributed by atoms with Gasteiger partial charge in [-0.25, -0.2) is 0 Å². The van der Waals surface area contributed by atoms with Crippen molar-refractivity contribution < 1.29 is 9.47 Å². The Hall–Kier alpha value is -1.18. The first-order valence-corrected chi connectivity index (χ1v) is 9.00. The third-order valence-electron chi connectivity index (χ3n) is 3.32. The number of halogens is 1. The lowest BCUT2D eigenvalue weighted by Crippen LogP contribution is -2.37. The summed E-state index contributed by atoms with van der Waals surface area (Å²) >= 11 is 8.66. The number of hydrogen-bond acceptors (Lipinski definition) is 4. The number of benzene rings is 1. The highest BCUT2D eigenvalue weighted by Gasteiger charge is 2.15. The normalized spacial score (nSPS) is 17.4. The van der Waals surface area contributed by atoms with E-state index < -0.39 is 0 Å². The van der Waals surface area contributed by atoms with Crippen LogP contribution in [0.5, 0.6) is 5.75 Å². The van der Waals surface area contributed by atoms with Crippen LogP contribution in [0.2, 0.25) is 0 Å². The quantitative estimate of drug-likeness (QED) is 0.418. The molecule has 1 heterocycles. The van der Waals surface area contributed by atoms with Gasteiger partial charge in [0.25, 0.3) is 0 Å². The van der Waals surface area contributed by atoms with Crippen molar-refractivity contribution in [1.29, 1.82) is 0 Å². The van der Waals surface area contributed by atoms with Gasteiger partial charge in [-0.3, -0.25) is 5.43 Å². The molecule has 23 heavy (non-hydrogen) atoms. The molecule has 1 aromatic carbocycles. The molecule has 2 rings (SSSR count). The van der Waals surface area contributed by atoms with Crippen molar-refractivity contribution in [2.75, 3.05) is 19.8 Å². The van der Waals surface area contributed by atoms with E-state index >= 15 is 0 Å². The fourth-order valence-corrected chi connectivity index (χ4v) is 2.69. The minimum atomic E-state index is 0.248. The largest absolute Gasteiger partial charge is 0.493 e. The van der Waals surface area contributed by atoms with Crippen LogP contribution in [0.1, 0.15) is 31.7 Å². The first-order chi connectivity index (χ1) is 11.2. The topological polar surface area (TPSA) is 54.9 Å². The molecule has 5 nitrogen and oxygen atoms in total. The van der Waals surface area contributed by atoms with E-state index in [1.807, 2.05) is 18.2 Å². The average molecular weight is 400 g/mol. The second kappa shape index (κ2) is 9.85. The molecule has 1 aliphatic heterocycles. The highest BCUT2D eigenvalue weighted by atomic mass is 79.9. The number of nitrogens with zero attached hydrogens (tertiary/aromatic N) is 1. The molecule has 0 saturated carbocycles. The molecule has 1 aliphatic rings. The van der Waals surface area contributed by atoms with Crippen LogP contribution in [-0.2, 0) is 4.74 Å². The number of hydrazone groups is 1. The molecule has 0 bridgehead atoms. The molecule has 7 heteroatoms. The second-order valence-electron chi connectivity index (χ2n) is 5.25. The highest BCUT2D eigenvalue weighted by molar-refractivity contribution is 9.10. The molecule has 1 fully saturated rings. The Morgan fingerprint density at radius 3 is 3.17 bits per heavy atom. The monoisotopic (exact) mass is 399 g/mol. The Labute approximate surface area is 150 Å². The van der Waals surface area contributed by atoms with Gasteiger partial charge < -0.3 is 14.8 Å². The molecule has 0 unspecified atom stereocenters. The maximum absolute atomic E-state index is 5.71. The van der Waals surface area contributed by atoms with E-state index in [9.17, 15) is 0 Å². The Kier molecular flexibility index (Phi) is 7.78. The number of ether oxygens (including phenoxy) is 2. The molecular weight excluding hydrogens is 378 g/mol. The van der Waals surface area contributed by atoms with Gasteiger partial charge in [0.1, 0.15) is 5.75 Å². The zero-order valence-electron chi connectivity index (χ0n) is 13.2. The third kappa shape index (κ3) is 6.45. The SMILES string of the molecule is CCCOc1ccc(Br)cc1/C=N\NC(=S)NC[C@@H]1CCCO1. The molecule has 0 amide bonds. The summed E-state index contributed by atoms with van der Waals surface area (Å²) in [6.45, 7) is 4.31. The Bertz CT molecular complexity index is 548. The van der Waals surface area contributed by atoms with E-state index in [1.165, 1.54) is 0 Å². The predicted octanol–water partition coefficient (Wildman–Crippen LogP) is 3.21. The van der Waals surface area contributed by atoms with Gasteiger partial charge in [0.05, 0.1) is 18.9 Å². The van der Waals surface area contributed by atoms with E-state index in [0.717, 1.165) is 41.7 Å². The molecular formula is C16H22BrN3O2S. The van der Waals surface area contributed by atoms with Gasteiger partial charge in [-0.05, 0) is 49.7 Å². The lowest BCUT2D eigenvalue weighted by molar-refractivity contribution is 0.114. The summed E-state index contributed by atoms with van der Waals surface area (Å²) in [5.74, 6) is 0.804. The summed E-state index contributed by atoms with van der Waals surface area (Å²) in [5.41, 5.74) is 3.71. The zero-order chi connectivity index (χ0) is 16.5. The summed E-state index contributed by atoms with van der Waals surface area (Å²) in [7, 11) is 0. The number of hydrogen-bond donors (Lipinski definition) is 2. The van der Waals surface area contributed by atoms with Crippen LogP contribution in [0.3, 0.4) is 0 Å². The van der Waals surface area contributed by atoms with Crippen molar-refractivity contribution >= 4 is 39.5 Å². The smallest absolute Gasteiger partial charge is 0.187 e. The molecule has 1 atom stereocenters. The molecule has 1 saturated heterocycles. The summed E-state index contributed by atoms with van der Waals surface area (Å²) < 4.78 is 12.2. The maximum atomic E-state index is 5.71. The van der Waals surface area contributed by atoms with Gasteiger partial charge in [0.15, 0.2) is 5.11 Å². The minimum absolute atomic E-state index is 0.248. The highest BCUT2D eigenvalue weighted by Crippen LogP contribution is 2.21. The minimum Gasteiger partial charge on any atom is -0.493 e. The maximum Gasteiger partial charge on any atom is 0.187 e. The lowest BCUT2D eigenvalue weighted by Gasteiger charge is -2.12. The summed E-state index contributed by atoms with van der Waals surface area (Å²) in [4.78, 5) is 0. The Balaban J connectivity index is 1.83. The average Bonchev–Trinajstić information content (AvgIpc) is 3.05. The van der Waals surface area contributed by atoms with Crippen LogP contribution in [0.25, 0.3) is 0 Å². The third-order valence-corrected chi connectivity index (χ3v) is 4.05. The zero-order valence-corrected chi connectivity index (χ0v) is 15.6. The lowest BCUT2D eigenvalue weighted by atomic mass is 10.2. The van der Waals surface area contributed by atoms with Gasteiger partial charge >= 0.3 is 0 Å². The molecule has 0 aromatic heterocycles. The molecule has 126 valence electrons. The molecule has 2 N–H and O–H groups in total. The van der Waals surface area contributed by atoms with Crippen molar-refractivity contribution in [3.8, 4) is 5.75 Å². The van der Waals surface area contributed by atoms with Crippen molar-refractivity contribution in [3.05, 3.63) is 28.2 Å². The fraction of sp³-hybridized carbons (Fsp3) is 0.500. The van der Waals surface area contributed by atoms with Crippen LogP contribution < -0.4 is 15.5 Å². The standard InChI is InChI=1S/C16H22BrN3O2S/c1-2-7-22-15-6-5-13(17)9-12(15)10-19-20-16(23)18-11-14-4-3-8-21-14/h5-6,9-10,14H,2-4,7-8,11H2,1H3,(H2,18,20,23)/b19-10-/t14-/m0/s1. The number of nitrogens with one attached hydrogen (secondary N) is 2. The number of rotatable bonds is 7. The van der Waals surface area contributed by atoms with E-state index in [-0.39, 0.29) is 6.10 Å². The first kappa shape index (κ1) is 18.2. The molecule has 1 aromatic rings. The second-order valence-corrected chi connectivity index (χ2v) is 6.57. The Morgan fingerprint density at radius 1 is 1.57 bits per heavy atom. The van der Waals surface area contributed by atoms with Crippen molar-refractivity contribution in [3.63, 3.8) is 0 Å². The van der Waals surface area contributed by atoms with Gasteiger partial charge in [-0.2, -0.15) is 5.10 Å². The van der Waals surface area contributed by atoms with Crippen LogP contribution in [0, 0.1) is 0 Å². The molecule has 0 radical (unpaired) electrons. The van der Waals surface area contributed by atoms with Gasteiger partial charge in [-0.15, -0.1) is 0 Å². The predicted molar refractivity (Wildman–Crippen MR) is 100 cm³/mol. The van der Waals surface area contributed by atoms with Crippen molar-refractivity contribution in [1.82, 2.24) is 10.7 Å². The van der Waals surface area contributed by atoms with E-state index in [4.69, 9.17) is 21.7 Å². The Morgan fingerprint density at radius 2 is 2.43 bits per heavy atom. The van der Waals surface area contributed by atoms with E-state index in [1.54, 1.807) is 6.21 Å². The summed E-state index contributed by atoms with van der Waals surface area (Å²) in [6.07, 6.45) is 5.11. The first-order valence-electron chi connectivity index (χ1n) is 7.80. The number of thiocarbonyl (C=S) groups is 1. The van der Waals surface area contributed by atoms with Crippen LogP contribution in [-0.4, -0.2) is 37.2 Å². The van der Waals surface area contributed by atoms with Crippen molar-refractivity contribution in [2.24, 2.45) is 5.10 Å². The van der Waals surface area contributed by atoms with Crippen molar-refractivity contribution in [2.45, 2.75) is 32.3 Å². The summed E-state index contributed by atoms with van der Waals surface area (Å²) in [5, 5.41) is 7.78. The van der Waals surface area contributed by atoms with E-state index in [0.29, 0.717) is 18.3 Å². The van der Waals surface area contributed by atoms with Gasteiger partial charge in [0.2, 0.25) is 0 Å². The van der Waals surface area contributed by atoms with Gasteiger partial charge in [0, 0.05) is 23.2 Å².